The molecule has 18 heavy (non-hydrogen) atoms. The van der Waals surface area contributed by atoms with Crippen molar-refractivity contribution in [3.8, 4) is 0 Å². The second kappa shape index (κ2) is 4.53. The third-order valence-electron chi connectivity index (χ3n) is 3.15. The molecule has 0 spiro atoms. The zero-order chi connectivity index (χ0) is 12.4. The van der Waals surface area contributed by atoms with E-state index in [-0.39, 0.29) is 6.04 Å². The molecule has 3 nitrogen and oxygen atoms in total. The molecular formula is C15H15N3. The molecule has 0 saturated heterocycles. The van der Waals surface area contributed by atoms with Crippen molar-refractivity contribution in [2.24, 2.45) is 0 Å². The first-order valence-corrected chi connectivity index (χ1v) is 6.07. The minimum absolute atomic E-state index is 0.241. The van der Waals surface area contributed by atoms with Crippen LogP contribution < -0.4 is 5.32 Å². The number of hydrogen-bond acceptors (Lipinski definition) is 2. The monoisotopic (exact) mass is 237 g/mol. The van der Waals surface area contributed by atoms with E-state index in [1.807, 2.05) is 12.4 Å². The summed E-state index contributed by atoms with van der Waals surface area (Å²) in [6, 6.07) is 15.0. The minimum Gasteiger partial charge on any atom is -0.378 e. The van der Waals surface area contributed by atoms with Crippen LogP contribution in [-0.2, 0) is 0 Å². The van der Waals surface area contributed by atoms with Crippen LogP contribution in [0, 0.1) is 0 Å². The number of aromatic amines is 1. The zero-order valence-corrected chi connectivity index (χ0v) is 10.2. The zero-order valence-electron chi connectivity index (χ0n) is 10.2. The Bertz CT molecular complexity index is 644. The number of nitrogens with one attached hydrogen (secondary N) is 2. The van der Waals surface area contributed by atoms with Crippen LogP contribution in [0.4, 0.5) is 5.69 Å². The molecule has 0 fully saturated rings. The van der Waals surface area contributed by atoms with Gasteiger partial charge in [-0.05, 0) is 29.8 Å². The number of H-pyrrole nitrogens is 1. The van der Waals surface area contributed by atoms with E-state index in [4.69, 9.17) is 0 Å². The standard InChI is InChI=1S/C15H15N3/c1-11(14-9-16-17-10-14)18-15-7-6-12-4-2-3-5-13(12)8-15/h2-11,18H,1H3,(H,16,17). The Morgan fingerprint density at radius 2 is 1.94 bits per heavy atom. The van der Waals surface area contributed by atoms with Gasteiger partial charge in [-0.25, -0.2) is 0 Å². The van der Waals surface area contributed by atoms with Gasteiger partial charge in [-0.15, -0.1) is 0 Å². The molecule has 0 aliphatic heterocycles. The Balaban J connectivity index is 1.86. The highest BCUT2D eigenvalue weighted by molar-refractivity contribution is 5.85. The van der Waals surface area contributed by atoms with Crippen LogP contribution in [0.3, 0.4) is 0 Å². The van der Waals surface area contributed by atoms with Crippen molar-refractivity contribution in [3.63, 3.8) is 0 Å². The fourth-order valence-electron chi connectivity index (χ4n) is 2.11. The summed E-state index contributed by atoms with van der Waals surface area (Å²) in [6.07, 6.45) is 3.76. The van der Waals surface area contributed by atoms with E-state index < -0.39 is 0 Å². The fourth-order valence-corrected chi connectivity index (χ4v) is 2.11. The third-order valence-corrected chi connectivity index (χ3v) is 3.15. The maximum atomic E-state index is 3.97. The van der Waals surface area contributed by atoms with Crippen LogP contribution in [0.1, 0.15) is 18.5 Å². The highest BCUT2D eigenvalue weighted by atomic mass is 15.1. The molecule has 0 aliphatic rings. The largest absolute Gasteiger partial charge is 0.378 e. The molecule has 3 rings (SSSR count). The van der Waals surface area contributed by atoms with Crippen LogP contribution >= 0.6 is 0 Å². The molecule has 1 unspecified atom stereocenters. The van der Waals surface area contributed by atoms with Gasteiger partial charge >= 0.3 is 0 Å². The molecule has 0 radical (unpaired) electrons. The van der Waals surface area contributed by atoms with E-state index in [0.717, 1.165) is 11.3 Å². The van der Waals surface area contributed by atoms with Crippen LogP contribution in [0.25, 0.3) is 10.8 Å². The second-order valence-corrected chi connectivity index (χ2v) is 4.46. The normalized spacial score (nSPS) is 12.5. The number of anilines is 1. The van der Waals surface area contributed by atoms with Crippen molar-refractivity contribution in [1.29, 1.82) is 0 Å². The second-order valence-electron chi connectivity index (χ2n) is 4.46. The lowest BCUT2D eigenvalue weighted by Crippen LogP contribution is -2.05. The van der Waals surface area contributed by atoms with E-state index in [1.165, 1.54) is 10.8 Å². The summed E-state index contributed by atoms with van der Waals surface area (Å²) >= 11 is 0. The van der Waals surface area contributed by atoms with Gasteiger partial charge in [-0.2, -0.15) is 5.10 Å². The SMILES string of the molecule is CC(Nc1ccc2ccccc2c1)c1cn[nH]c1. The van der Waals surface area contributed by atoms with Crippen molar-refractivity contribution < 1.29 is 0 Å². The van der Waals surface area contributed by atoms with Crippen LogP contribution in [0.15, 0.2) is 54.9 Å². The van der Waals surface area contributed by atoms with Gasteiger partial charge in [0, 0.05) is 17.4 Å². The molecule has 3 heteroatoms. The number of rotatable bonds is 3. The summed E-state index contributed by atoms with van der Waals surface area (Å²) in [7, 11) is 0. The average Bonchev–Trinajstić information content (AvgIpc) is 2.92. The van der Waals surface area contributed by atoms with Crippen molar-refractivity contribution in [1.82, 2.24) is 10.2 Å². The van der Waals surface area contributed by atoms with Gasteiger partial charge in [0.15, 0.2) is 0 Å². The minimum atomic E-state index is 0.241. The quantitative estimate of drug-likeness (QED) is 0.728. The van der Waals surface area contributed by atoms with Gasteiger partial charge in [-0.3, -0.25) is 5.10 Å². The van der Waals surface area contributed by atoms with Gasteiger partial charge in [0.1, 0.15) is 0 Å². The Hall–Kier alpha value is -2.29. The summed E-state index contributed by atoms with van der Waals surface area (Å²) in [6.45, 7) is 2.13. The highest BCUT2D eigenvalue weighted by Crippen LogP contribution is 2.22. The lowest BCUT2D eigenvalue weighted by Gasteiger charge is -2.14. The molecule has 0 aliphatic carbocycles. The van der Waals surface area contributed by atoms with Crippen molar-refractivity contribution >= 4 is 16.5 Å². The summed E-state index contributed by atoms with van der Waals surface area (Å²) in [4.78, 5) is 0. The number of aromatic nitrogens is 2. The van der Waals surface area contributed by atoms with Crippen molar-refractivity contribution in [3.05, 3.63) is 60.4 Å². The summed E-state index contributed by atoms with van der Waals surface area (Å²) in [5.74, 6) is 0. The van der Waals surface area contributed by atoms with Crippen LogP contribution in [0.2, 0.25) is 0 Å². The third kappa shape index (κ3) is 2.07. The van der Waals surface area contributed by atoms with Crippen LogP contribution in [0.5, 0.6) is 0 Å². The summed E-state index contributed by atoms with van der Waals surface area (Å²) in [5.41, 5.74) is 2.28. The summed E-state index contributed by atoms with van der Waals surface area (Å²) < 4.78 is 0. The molecular weight excluding hydrogens is 222 g/mol. The van der Waals surface area contributed by atoms with E-state index in [2.05, 4.69) is 64.9 Å². The molecule has 2 aromatic carbocycles. The molecule has 2 N–H and O–H groups in total. The molecule has 0 amide bonds. The van der Waals surface area contributed by atoms with Gasteiger partial charge in [0.2, 0.25) is 0 Å². The van der Waals surface area contributed by atoms with E-state index in [0.29, 0.717) is 0 Å². The Morgan fingerprint density at radius 1 is 1.11 bits per heavy atom. The predicted octanol–water partition coefficient (Wildman–Crippen LogP) is 3.74. The number of nitrogens with zero attached hydrogens (tertiary/aromatic N) is 1. The van der Waals surface area contributed by atoms with E-state index >= 15 is 0 Å². The maximum absolute atomic E-state index is 3.97. The fraction of sp³-hybridized carbons (Fsp3) is 0.133. The van der Waals surface area contributed by atoms with Gasteiger partial charge in [0.25, 0.3) is 0 Å². The first-order valence-electron chi connectivity index (χ1n) is 6.07. The molecule has 0 bridgehead atoms. The van der Waals surface area contributed by atoms with Gasteiger partial charge in [0.05, 0.1) is 12.2 Å². The molecule has 3 aromatic rings. The number of benzene rings is 2. The van der Waals surface area contributed by atoms with E-state index in [9.17, 15) is 0 Å². The Morgan fingerprint density at radius 3 is 2.72 bits per heavy atom. The molecule has 1 atom stereocenters. The highest BCUT2D eigenvalue weighted by Gasteiger charge is 2.06. The predicted molar refractivity (Wildman–Crippen MR) is 74.6 cm³/mol. The molecule has 1 aromatic heterocycles. The number of fused-ring (bicyclic) bond motifs is 1. The van der Waals surface area contributed by atoms with Gasteiger partial charge < -0.3 is 5.32 Å². The van der Waals surface area contributed by atoms with Crippen LogP contribution in [-0.4, -0.2) is 10.2 Å². The maximum Gasteiger partial charge on any atom is 0.0539 e. The van der Waals surface area contributed by atoms with Crippen molar-refractivity contribution in [2.45, 2.75) is 13.0 Å². The number of hydrogen-bond donors (Lipinski definition) is 2. The van der Waals surface area contributed by atoms with Crippen molar-refractivity contribution in [2.75, 3.05) is 5.32 Å². The summed E-state index contributed by atoms with van der Waals surface area (Å²) in [5, 5.41) is 12.8. The molecule has 0 saturated carbocycles. The van der Waals surface area contributed by atoms with Gasteiger partial charge in [-0.1, -0.05) is 30.3 Å². The van der Waals surface area contributed by atoms with E-state index in [1.54, 1.807) is 0 Å². The Kier molecular flexibility index (Phi) is 2.73. The first kappa shape index (κ1) is 10.8. The topological polar surface area (TPSA) is 40.7 Å². The first-order chi connectivity index (χ1) is 8.83. The molecule has 1 heterocycles. The smallest absolute Gasteiger partial charge is 0.0539 e. The Labute approximate surface area is 106 Å². The lowest BCUT2D eigenvalue weighted by atomic mass is 10.1. The average molecular weight is 237 g/mol. The lowest BCUT2D eigenvalue weighted by molar-refractivity contribution is 0.886. The molecule has 90 valence electrons.